The number of nitrogens with one attached hydrogen (secondary N) is 1. The molecule has 1 aromatic heterocycles. The predicted molar refractivity (Wildman–Crippen MR) is 84.1 cm³/mol. The van der Waals surface area contributed by atoms with Crippen molar-refractivity contribution in [2.75, 3.05) is 11.9 Å². The molecule has 3 rings (SSSR count). The van der Waals surface area contributed by atoms with Crippen molar-refractivity contribution >= 4 is 16.7 Å². The molecule has 0 fully saturated rings. The molecule has 0 bridgehead atoms. The summed E-state index contributed by atoms with van der Waals surface area (Å²) in [6, 6.07) is 18.9. The van der Waals surface area contributed by atoms with Gasteiger partial charge in [-0.3, -0.25) is 0 Å². The van der Waals surface area contributed by atoms with Gasteiger partial charge in [-0.25, -0.2) is 4.98 Å². The van der Waals surface area contributed by atoms with Gasteiger partial charge in [-0.15, -0.1) is 0 Å². The largest absolute Gasteiger partial charge is 0.383 e. The first-order chi connectivity index (χ1) is 9.75. The van der Waals surface area contributed by atoms with E-state index in [1.54, 1.807) is 0 Å². The van der Waals surface area contributed by atoms with Gasteiger partial charge >= 0.3 is 0 Å². The zero-order chi connectivity index (χ0) is 13.9. The molecule has 1 heterocycles. The summed E-state index contributed by atoms with van der Waals surface area (Å²) in [6.07, 6.45) is 0. The van der Waals surface area contributed by atoms with E-state index in [9.17, 15) is 0 Å². The average Bonchev–Trinajstić information content (AvgIpc) is 2.82. The molecule has 0 radical (unpaired) electrons. The van der Waals surface area contributed by atoms with E-state index in [0.717, 1.165) is 23.6 Å². The molecule has 0 saturated carbocycles. The number of hydrogen-bond donors (Lipinski definition) is 1. The van der Waals surface area contributed by atoms with Crippen LogP contribution in [0.1, 0.15) is 18.8 Å². The molecule has 3 nitrogen and oxygen atoms in total. The van der Waals surface area contributed by atoms with E-state index in [-0.39, 0.29) is 0 Å². The van der Waals surface area contributed by atoms with Crippen LogP contribution < -0.4 is 5.32 Å². The number of nitrogens with zero attached hydrogens (tertiary/aromatic N) is 2. The van der Waals surface area contributed by atoms with Gasteiger partial charge in [0, 0.05) is 18.3 Å². The summed E-state index contributed by atoms with van der Waals surface area (Å²) in [5.41, 5.74) is 3.42. The number of fused-ring (bicyclic) bond motifs is 1. The van der Waals surface area contributed by atoms with Crippen LogP contribution in [0.15, 0.2) is 54.6 Å². The highest BCUT2D eigenvalue weighted by atomic mass is 15.1. The summed E-state index contributed by atoms with van der Waals surface area (Å²) in [6.45, 7) is 5.17. The van der Waals surface area contributed by atoms with E-state index in [4.69, 9.17) is 0 Å². The smallest absolute Gasteiger partial charge is 0.107 e. The van der Waals surface area contributed by atoms with Gasteiger partial charge < -0.3 is 9.88 Å². The zero-order valence-electron chi connectivity index (χ0n) is 11.9. The Kier molecular flexibility index (Phi) is 3.42. The fourth-order valence-corrected chi connectivity index (χ4v) is 2.63. The lowest BCUT2D eigenvalue weighted by molar-refractivity contribution is 0.574. The molecule has 2 aromatic carbocycles. The number of imidazole rings is 1. The summed E-state index contributed by atoms with van der Waals surface area (Å²) < 4.78 is 2.30. The van der Waals surface area contributed by atoms with Crippen LogP contribution >= 0.6 is 0 Å². The van der Waals surface area contributed by atoms with Gasteiger partial charge in [-0.1, -0.05) is 30.3 Å². The highest BCUT2D eigenvalue weighted by Crippen LogP contribution is 2.21. The molecular weight excluding hydrogens is 246 g/mol. The van der Waals surface area contributed by atoms with Crippen LogP contribution in [-0.4, -0.2) is 16.1 Å². The molecule has 102 valence electrons. The zero-order valence-corrected chi connectivity index (χ0v) is 11.9. The lowest BCUT2D eigenvalue weighted by atomic mass is 10.2. The maximum atomic E-state index is 4.62. The summed E-state index contributed by atoms with van der Waals surface area (Å²) >= 11 is 0. The monoisotopic (exact) mass is 265 g/mol. The van der Waals surface area contributed by atoms with Crippen molar-refractivity contribution in [2.45, 2.75) is 19.9 Å². The number of rotatable bonds is 4. The maximum absolute atomic E-state index is 4.62. The van der Waals surface area contributed by atoms with Crippen molar-refractivity contribution in [2.24, 2.45) is 0 Å². The quantitative estimate of drug-likeness (QED) is 0.772. The van der Waals surface area contributed by atoms with Gasteiger partial charge in [0.25, 0.3) is 0 Å². The van der Waals surface area contributed by atoms with Crippen LogP contribution in [0.3, 0.4) is 0 Å². The third-order valence-electron chi connectivity index (χ3n) is 3.59. The number of hydrogen-bond acceptors (Lipinski definition) is 2. The Morgan fingerprint density at radius 2 is 1.75 bits per heavy atom. The van der Waals surface area contributed by atoms with Gasteiger partial charge in [0.2, 0.25) is 0 Å². The van der Waals surface area contributed by atoms with E-state index >= 15 is 0 Å². The van der Waals surface area contributed by atoms with Crippen LogP contribution in [-0.2, 0) is 0 Å². The highest BCUT2D eigenvalue weighted by molar-refractivity contribution is 5.76. The first-order valence-corrected chi connectivity index (χ1v) is 6.98. The highest BCUT2D eigenvalue weighted by Gasteiger charge is 2.12. The number of benzene rings is 2. The van der Waals surface area contributed by atoms with Crippen molar-refractivity contribution in [1.29, 1.82) is 0 Å². The lowest BCUT2D eigenvalue weighted by Gasteiger charge is -2.18. The topological polar surface area (TPSA) is 29.9 Å². The van der Waals surface area contributed by atoms with Crippen LogP contribution in [0.5, 0.6) is 0 Å². The number of anilines is 1. The van der Waals surface area contributed by atoms with E-state index in [1.165, 1.54) is 5.52 Å². The van der Waals surface area contributed by atoms with E-state index in [1.807, 2.05) is 24.3 Å². The molecular formula is C17H19N3. The second kappa shape index (κ2) is 5.37. The van der Waals surface area contributed by atoms with E-state index in [2.05, 4.69) is 59.0 Å². The molecule has 1 N–H and O–H groups in total. The fraction of sp³-hybridized carbons (Fsp3) is 0.235. The van der Waals surface area contributed by atoms with Crippen molar-refractivity contribution in [3.05, 3.63) is 60.4 Å². The van der Waals surface area contributed by atoms with Gasteiger partial charge in [0.1, 0.15) is 5.82 Å². The second-order valence-electron chi connectivity index (χ2n) is 5.11. The Morgan fingerprint density at radius 3 is 2.55 bits per heavy atom. The molecule has 0 aliphatic carbocycles. The van der Waals surface area contributed by atoms with Crippen molar-refractivity contribution in [1.82, 2.24) is 9.55 Å². The molecule has 0 spiro atoms. The summed E-state index contributed by atoms with van der Waals surface area (Å²) in [4.78, 5) is 4.62. The standard InChI is InChI=1S/C17H19N3/c1-13(12-18-15-8-4-3-5-9-15)20-14(2)19-16-10-6-7-11-17(16)20/h3-11,13,18H,12H2,1-2H3. The van der Waals surface area contributed by atoms with Crippen LogP contribution in [0.4, 0.5) is 5.69 Å². The molecule has 1 atom stereocenters. The summed E-state index contributed by atoms with van der Waals surface area (Å²) in [5, 5.41) is 3.48. The molecule has 0 amide bonds. The third kappa shape index (κ3) is 2.39. The Labute approximate surface area is 119 Å². The minimum atomic E-state index is 0.350. The minimum Gasteiger partial charge on any atom is -0.383 e. The summed E-state index contributed by atoms with van der Waals surface area (Å²) in [5.74, 6) is 1.06. The third-order valence-corrected chi connectivity index (χ3v) is 3.59. The first-order valence-electron chi connectivity index (χ1n) is 6.98. The SMILES string of the molecule is Cc1nc2ccccc2n1C(C)CNc1ccccc1. The van der Waals surface area contributed by atoms with E-state index in [0.29, 0.717) is 6.04 Å². The Morgan fingerprint density at radius 1 is 1.05 bits per heavy atom. The van der Waals surface area contributed by atoms with E-state index < -0.39 is 0 Å². The average molecular weight is 265 g/mol. The second-order valence-corrected chi connectivity index (χ2v) is 5.11. The first kappa shape index (κ1) is 12.7. The number of aryl methyl sites for hydroxylation is 1. The molecule has 0 saturated heterocycles. The molecule has 0 aliphatic heterocycles. The van der Waals surface area contributed by atoms with Crippen LogP contribution in [0, 0.1) is 6.92 Å². The number of para-hydroxylation sites is 3. The molecule has 20 heavy (non-hydrogen) atoms. The fourth-order valence-electron chi connectivity index (χ4n) is 2.63. The van der Waals surface area contributed by atoms with Crippen LogP contribution in [0.25, 0.3) is 11.0 Å². The maximum Gasteiger partial charge on any atom is 0.107 e. The van der Waals surface area contributed by atoms with Crippen LogP contribution in [0.2, 0.25) is 0 Å². The van der Waals surface area contributed by atoms with Gasteiger partial charge in [-0.2, -0.15) is 0 Å². The number of aromatic nitrogens is 2. The van der Waals surface area contributed by atoms with Crippen molar-refractivity contribution in [3.8, 4) is 0 Å². The molecule has 3 aromatic rings. The lowest BCUT2D eigenvalue weighted by Crippen LogP contribution is -2.17. The normalized spacial score (nSPS) is 12.5. The minimum absolute atomic E-state index is 0.350. The molecule has 0 aliphatic rings. The van der Waals surface area contributed by atoms with Crippen molar-refractivity contribution in [3.63, 3.8) is 0 Å². The molecule has 3 heteroatoms. The predicted octanol–water partition coefficient (Wildman–Crippen LogP) is 4.02. The van der Waals surface area contributed by atoms with Crippen molar-refractivity contribution < 1.29 is 0 Å². The van der Waals surface area contributed by atoms with Gasteiger partial charge in [0.05, 0.1) is 11.0 Å². The van der Waals surface area contributed by atoms with Gasteiger partial charge in [0.15, 0.2) is 0 Å². The molecule has 1 unspecified atom stereocenters. The Bertz CT molecular complexity index is 701. The Balaban J connectivity index is 1.82. The summed E-state index contributed by atoms with van der Waals surface area (Å²) in [7, 11) is 0. The Hall–Kier alpha value is -2.29. The van der Waals surface area contributed by atoms with Gasteiger partial charge in [-0.05, 0) is 38.1 Å².